The average Bonchev–Trinajstić information content (AvgIpc) is 3.45. The van der Waals surface area contributed by atoms with E-state index in [0.29, 0.717) is 55.1 Å². The van der Waals surface area contributed by atoms with Crippen molar-refractivity contribution in [1.29, 1.82) is 0 Å². The summed E-state index contributed by atoms with van der Waals surface area (Å²) < 4.78 is 30.6. The van der Waals surface area contributed by atoms with Gasteiger partial charge in [-0.25, -0.2) is 8.42 Å². The summed E-state index contributed by atoms with van der Waals surface area (Å²) in [6.45, 7) is 28.0. The number of sulfone groups is 1. The predicted octanol–water partition coefficient (Wildman–Crippen LogP) is 8.15. The molecule has 6 aliphatic carbocycles. The maximum Gasteiger partial charge on any atom is 0.309 e. The molecule has 6 saturated carbocycles. The summed E-state index contributed by atoms with van der Waals surface area (Å²) in [5, 5.41) is 13.9. The minimum atomic E-state index is -2.88. The molecule has 0 aromatic carbocycles. The standard InChI is InChI=1S/C45H74N2O6S/c1-28(2)30-13-19-45(46-22-16-29(3)47-23-25-54(51,52)26-24-47)21-20-43(9)31(37(30)45)11-12-35-42(8)17-15-36(41(6,7)34(42)14-18-44(35,43)10)53-39(50)33-27-32(38(48)49)40(33,4)5/h29-37,46H,1,11-27H2,2-10H3,(H,48,49)/t29?,30-,31+,32-,33+,34-,35+,36-,37+,42-,43+,44+,45-/m0/s1. The van der Waals surface area contributed by atoms with Crippen molar-refractivity contribution in [2.45, 2.75) is 157 Å². The number of allylic oxidation sites excluding steroid dienone is 1. The number of hydrogen-bond acceptors (Lipinski definition) is 7. The number of carbonyl (C=O) groups is 2. The van der Waals surface area contributed by atoms with Gasteiger partial charge >= 0.3 is 11.9 Å². The molecule has 7 fully saturated rings. The van der Waals surface area contributed by atoms with Crippen molar-refractivity contribution in [3.63, 3.8) is 0 Å². The highest BCUT2D eigenvalue weighted by Gasteiger charge is 2.71. The maximum atomic E-state index is 13.6. The Kier molecular flexibility index (Phi) is 10.2. The van der Waals surface area contributed by atoms with Gasteiger partial charge in [-0.1, -0.05) is 60.6 Å². The first-order valence-corrected chi connectivity index (χ1v) is 23.6. The van der Waals surface area contributed by atoms with E-state index in [2.05, 4.69) is 65.3 Å². The number of hydrogen-bond donors (Lipinski definition) is 2. The molecule has 54 heavy (non-hydrogen) atoms. The van der Waals surface area contributed by atoms with E-state index >= 15 is 0 Å². The third kappa shape index (κ3) is 6.11. The van der Waals surface area contributed by atoms with Crippen LogP contribution >= 0.6 is 0 Å². The molecule has 0 aromatic heterocycles. The molecule has 7 rings (SSSR count). The second-order valence-electron chi connectivity index (χ2n) is 21.9. The molecule has 2 N–H and O–H groups in total. The molecule has 9 heteroatoms. The monoisotopic (exact) mass is 771 g/mol. The van der Waals surface area contributed by atoms with E-state index in [-0.39, 0.29) is 56.7 Å². The Balaban J connectivity index is 1.07. The summed E-state index contributed by atoms with van der Waals surface area (Å²) in [7, 11) is -2.88. The number of carbonyl (C=O) groups excluding carboxylic acids is 1. The molecule has 1 saturated heterocycles. The van der Waals surface area contributed by atoms with Crippen LogP contribution in [0.3, 0.4) is 0 Å². The van der Waals surface area contributed by atoms with Crippen LogP contribution in [0.2, 0.25) is 0 Å². The lowest BCUT2D eigenvalue weighted by Crippen LogP contribution is -2.69. The lowest BCUT2D eigenvalue weighted by atomic mass is 9.32. The second kappa shape index (κ2) is 13.6. The first kappa shape index (κ1) is 40.7. The highest BCUT2D eigenvalue weighted by molar-refractivity contribution is 7.91. The number of aliphatic carboxylic acids is 1. The van der Waals surface area contributed by atoms with E-state index in [1.807, 2.05) is 13.8 Å². The summed E-state index contributed by atoms with van der Waals surface area (Å²) in [6.07, 6.45) is 13.1. The minimum absolute atomic E-state index is 0.138. The SMILES string of the molecule is C=C(C)[C@@H]1CC[C@]2(NCCC(C)N3CCS(=O)(=O)CC3)CC[C@]3(C)[C@H](CC[C@@H]4[C@@]5(C)CC[C@H](OC(=O)[C@H]6C[C@@H](C(=O)O)C6(C)C)C(C)(C)[C@@H]5CC[C@]43C)[C@@H]12. The van der Waals surface area contributed by atoms with Crippen LogP contribution in [0, 0.1) is 68.5 Å². The number of ether oxygens (including phenoxy) is 1. The Hall–Kier alpha value is -1.45. The number of nitrogens with zero attached hydrogens (tertiary/aromatic N) is 1. The minimum Gasteiger partial charge on any atom is -0.481 e. The quantitative estimate of drug-likeness (QED) is 0.179. The molecule has 0 aromatic rings. The third-order valence-corrected chi connectivity index (χ3v) is 20.8. The van der Waals surface area contributed by atoms with Crippen molar-refractivity contribution in [3.05, 3.63) is 12.2 Å². The van der Waals surface area contributed by atoms with Gasteiger partial charge in [0.15, 0.2) is 9.84 Å². The van der Waals surface area contributed by atoms with E-state index in [0.717, 1.165) is 32.2 Å². The fraction of sp³-hybridized carbons (Fsp3) is 0.911. The molecule has 8 nitrogen and oxygen atoms in total. The lowest BCUT2D eigenvalue weighted by molar-refractivity contribution is -0.248. The first-order valence-electron chi connectivity index (χ1n) is 21.8. The van der Waals surface area contributed by atoms with Gasteiger partial charge in [-0.3, -0.25) is 14.5 Å². The van der Waals surface area contributed by atoms with Crippen LogP contribution in [-0.4, -0.2) is 79.2 Å². The van der Waals surface area contributed by atoms with Crippen molar-refractivity contribution in [3.8, 4) is 0 Å². The zero-order chi connectivity index (χ0) is 39.4. The van der Waals surface area contributed by atoms with Gasteiger partial charge in [-0.05, 0) is 149 Å². The van der Waals surface area contributed by atoms with E-state index in [1.54, 1.807) is 0 Å². The van der Waals surface area contributed by atoms with Gasteiger partial charge in [0, 0.05) is 30.1 Å². The third-order valence-electron chi connectivity index (χ3n) is 19.2. The van der Waals surface area contributed by atoms with Crippen molar-refractivity contribution in [1.82, 2.24) is 10.2 Å². The van der Waals surface area contributed by atoms with Gasteiger partial charge in [-0.15, -0.1) is 0 Å². The number of nitrogens with one attached hydrogen (secondary N) is 1. The molecule has 1 aliphatic heterocycles. The van der Waals surface area contributed by atoms with Gasteiger partial charge < -0.3 is 15.2 Å². The fourth-order valence-electron chi connectivity index (χ4n) is 15.5. The van der Waals surface area contributed by atoms with Crippen molar-refractivity contribution in [2.75, 3.05) is 31.1 Å². The number of carboxylic acids is 1. The van der Waals surface area contributed by atoms with Crippen molar-refractivity contribution in [2.24, 2.45) is 68.5 Å². The number of carboxylic acid groups (broad SMARTS) is 1. The molecule has 306 valence electrons. The summed E-state index contributed by atoms with van der Waals surface area (Å²) in [5.41, 5.74) is 1.44. The first-order chi connectivity index (χ1) is 25.0. The van der Waals surface area contributed by atoms with Gasteiger partial charge in [-0.2, -0.15) is 0 Å². The maximum absolute atomic E-state index is 13.6. The number of rotatable bonds is 9. The van der Waals surface area contributed by atoms with Crippen LogP contribution in [0.1, 0.15) is 139 Å². The normalized spacial score (nSPS) is 46.8. The largest absolute Gasteiger partial charge is 0.481 e. The Morgan fingerprint density at radius 2 is 1.54 bits per heavy atom. The molecule has 0 amide bonds. The Morgan fingerprint density at radius 1 is 0.852 bits per heavy atom. The molecule has 0 radical (unpaired) electrons. The molecule has 1 heterocycles. The molecule has 7 aliphatic rings. The summed E-state index contributed by atoms with van der Waals surface area (Å²) in [5.74, 6) is 1.64. The molecule has 1 unspecified atom stereocenters. The van der Waals surface area contributed by atoms with Crippen LogP contribution in [0.15, 0.2) is 12.2 Å². The van der Waals surface area contributed by atoms with E-state index < -0.39 is 27.1 Å². The Morgan fingerprint density at radius 3 is 2.17 bits per heavy atom. The highest BCUT2D eigenvalue weighted by Crippen LogP contribution is 2.76. The Labute approximate surface area is 327 Å². The zero-order valence-corrected chi connectivity index (χ0v) is 36.1. The van der Waals surface area contributed by atoms with Crippen molar-refractivity contribution >= 4 is 21.8 Å². The van der Waals surface area contributed by atoms with Crippen LogP contribution in [-0.2, 0) is 24.2 Å². The highest BCUT2D eigenvalue weighted by atomic mass is 32.2. The number of fused-ring (bicyclic) bond motifs is 7. The van der Waals surface area contributed by atoms with Gasteiger partial charge in [0.05, 0.1) is 23.3 Å². The average molecular weight is 771 g/mol. The lowest BCUT2D eigenvalue weighted by Gasteiger charge is -2.73. The summed E-state index contributed by atoms with van der Waals surface area (Å²) in [6, 6.07) is 0.373. The smallest absolute Gasteiger partial charge is 0.309 e. The van der Waals surface area contributed by atoms with Crippen LogP contribution in [0.4, 0.5) is 0 Å². The topological polar surface area (TPSA) is 113 Å². The number of esters is 1. The van der Waals surface area contributed by atoms with Gasteiger partial charge in [0.25, 0.3) is 0 Å². The van der Waals surface area contributed by atoms with Gasteiger partial charge in [0.2, 0.25) is 0 Å². The summed E-state index contributed by atoms with van der Waals surface area (Å²) >= 11 is 0. The fourth-order valence-corrected chi connectivity index (χ4v) is 16.7. The van der Waals surface area contributed by atoms with Crippen LogP contribution < -0.4 is 5.32 Å². The molecular formula is C45H74N2O6S. The molecule has 0 bridgehead atoms. The van der Waals surface area contributed by atoms with Gasteiger partial charge in [0.1, 0.15) is 6.10 Å². The van der Waals surface area contributed by atoms with E-state index in [4.69, 9.17) is 4.74 Å². The molecule has 13 atom stereocenters. The molecular weight excluding hydrogens is 697 g/mol. The van der Waals surface area contributed by atoms with E-state index in [9.17, 15) is 23.1 Å². The van der Waals surface area contributed by atoms with Crippen LogP contribution in [0.5, 0.6) is 0 Å². The van der Waals surface area contributed by atoms with E-state index in [1.165, 1.54) is 50.5 Å². The predicted molar refractivity (Wildman–Crippen MR) is 214 cm³/mol. The van der Waals surface area contributed by atoms with Crippen molar-refractivity contribution < 1.29 is 27.9 Å². The van der Waals surface area contributed by atoms with Crippen LogP contribution in [0.25, 0.3) is 0 Å². The molecule has 0 spiro atoms. The summed E-state index contributed by atoms with van der Waals surface area (Å²) in [4.78, 5) is 27.8. The second-order valence-corrected chi connectivity index (χ2v) is 24.2. The zero-order valence-electron chi connectivity index (χ0n) is 35.3. The Bertz CT molecular complexity index is 1610.